The minimum atomic E-state index is -0.153. The Morgan fingerprint density at radius 2 is 2.00 bits per heavy atom. The molecule has 1 N–H and O–H groups in total. The third-order valence-electron chi connectivity index (χ3n) is 4.82. The van der Waals surface area contributed by atoms with E-state index in [2.05, 4.69) is 15.4 Å². The van der Waals surface area contributed by atoms with Gasteiger partial charge in [-0.15, -0.1) is 0 Å². The normalized spacial score (nSPS) is 14.1. The van der Waals surface area contributed by atoms with Crippen molar-refractivity contribution in [3.05, 3.63) is 66.7 Å². The van der Waals surface area contributed by atoms with Crippen molar-refractivity contribution < 1.29 is 14.3 Å². The molecule has 3 aromatic rings. The third kappa shape index (κ3) is 4.11. The van der Waals surface area contributed by atoms with E-state index in [0.29, 0.717) is 18.0 Å². The van der Waals surface area contributed by atoms with Crippen molar-refractivity contribution >= 4 is 17.5 Å². The molecule has 29 heavy (non-hydrogen) atoms. The standard InChI is InChI=1S/C21H21N5O3/c1-15(16-6-8-17(9-7-16)26-14-22-13-23-26)24-20(27)10-11-25-18-4-2-3-5-19(18)29-12-21(25)28/h2-9,13-15H,10-12H2,1H3,(H,24,27)/t15-/m0/s1. The highest BCUT2D eigenvalue weighted by Crippen LogP contribution is 2.31. The molecule has 0 radical (unpaired) electrons. The van der Waals surface area contributed by atoms with E-state index < -0.39 is 0 Å². The SMILES string of the molecule is C[C@H](NC(=O)CCN1C(=O)COc2ccccc21)c1ccc(-n2cncn2)cc1. The van der Waals surface area contributed by atoms with Crippen molar-refractivity contribution in [1.82, 2.24) is 20.1 Å². The highest BCUT2D eigenvalue weighted by Gasteiger charge is 2.25. The fourth-order valence-electron chi connectivity index (χ4n) is 3.27. The maximum atomic E-state index is 12.4. The molecule has 2 heterocycles. The largest absolute Gasteiger partial charge is 0.482 e. The summed E-state index contributed by atoms with van der Waals surface area (Å²) in [5.74, 6) is 0.399. The summed E-state index contributed by atoms with van der Waals surface area (Å²) < 4.78 is 7.10. The van der Waals surface area contributed by atoms with Crippen molar-refractivity contribution in [2.75, 3.05) is 18.1 Å². The third-order valence-corrected chi connectivity index (χ3v) is 4.82. The van der Waals surface area contributed by atoms with Crippen LogP contribution in [-0.4, -0.2) is 39.7 Å². The van der Waals surface area contributed by atoms with Gasteiger partial charge in [-0.2, -0.15) is 5.10 Å². The number of carbonyl (C=O) groups is 2. The number of nitrogens with one attached hydrogen (secondary N) is 1. The Hall–Kier alpha value is -3.68. The summed E-state index contributed by atoms with van der Waals surface area (Å²) in [4.78, 5) is 30.2. The number of hydrogen-bond acceptors (Lipinski definition) is 5. The van der Waals surface area contributed by atoms with E-state index in [4.69, 9.17) is 4.74 Å². The molecular formula is C21H21N5O3. The first kappa shape index (κ1) is 18.7. The lowest BCUT2D eigenvalue weighted by atomic mass is 10.1. The van der Waals surface area contributed by atoms with Gasteiger partial charge in [-0.1, -0.05) is 24.3 Å². The maximum Gasteiger partial charge on any atom is 0.265 e. The fraction of sp³-hybridized carbons (Fsp3) is 0.238. The van der Waals surface area contributed by atoms with E-state index in [0.717, 1.165) is 11.3 Å². The smallest absolute Gasteiger partial charge is 0.265 e. The minimum absolute atomic E-state index is 0.00679. The van der Waals surface area contributed by atoms with E-state index in [1.54, 1.807) is 15.9 Å². The van der Waals surface area contributed by atoms with E-state index in [1.165, 1.54) is 6.33 Å². The van der Waals surface area contributed by atoms with Gasteiger partial charge in [0.25, 0.3) is 5.91 Å². The molecule has 1 aliphatic rings. The number of amides is 2. The molecule has 0 unspecified atom stereocenters. The van der Waals surface area contributed by atoms with Crippen LogP contribution in [0, 0.1) is 0 Å². The molecule has 0 saturated carbocycles. The molecule has 1 atom stereocenters. The molecule has 8 heteroatoms. The topological polar surface area (TPSA) is 89.4 Å². The number of fused-ring (bicyclic) bond motifs is 1. The summed E-state index contributed by atoms with van der Waals surface area (Å²) in [6, 6.07) is 14.9. The van der Waals surface area contributed by atoms with Crippen LogP contribution in [0.4, 0.5) is 5.69 Å². The number of ether oxygens (including phenoxy) is 1. The average molecular weight is 391 g/mol. The van der Waals surface area contributed by atoms with E-state index >= 15 is 0 Å². The number of benzene rings is 2. The number of anilines is 1. The predicted molar refractivity (Wildman–Crippen MR) is 107 cm³/mol. The predicted octanol–water partition coefficient (Wildman–Crippen LogP) is 2.26. The van der Waals surface area contributed by atoms with Gasteiger partial charge in [0, 0.05) is 13.0 Å². The van der Waals surface area contributed by atoms with Crippen molar-refractivity contribution in [3.63, 3.8) is 0 Å². The minimum Gasteiger partial charge on any atom is -0.482 e. The number of hydrogen-bond donors (Lipinski definition) is 1. The summed E-state index contributed by atoms with van der Waals surface area (Å²) >= 11 is 0. The molecule has 2 amide bonds. The summed E-state index contributed by atoms with van der Waals surface area (Å²) in [7, 11) is 0. The van der Waals surface area contributed by atoms with E-state index in [1.807, 2.05) is 55.5 Å². The van der Waals surface area contributed by atoms with Crippen molar-refractivity contribution in [2.24, 2.45) is 0 Å². The van der Waals surface area contributed by atoms with Gasteiger partial charge in [0.15, 0.2) is 6.61 Å². The van der Waals surface area contributed by atoms with E-state index in [-0.39, 0.29) is 30.9 Å². The van der Waals surface area contributed by atoms with Gasteiger partial charge in [-0.3, -0.25) is 9.59 Å². The van der Waals surface area contributed by atoms with Crippen LogP contribution in [0.2, 0.25) is 0 Å². The van der Waals surface area contributed by atoms with Gasteiger partial charge < -0.3 is 15.0 Å². The number of carbonyl (C=O) groups excluding carboxylic acids is 2. The van der Waals surface area contributed by atoms with Crippen LogP contribution < -0.4 is 15.0 Å². The Morgan fingerprint density at radius 1 is 1.21 bits per heavy atom. The molecule has 0 fully saturated rings. The molecular weight excluding hydrogens is 370 g/mol. The molecule has 1 aromatic heterocycles. The molecule has 4 rings (SSSR count). The van der Waals surface area contributed by atoms with Crippen LogP contribution in [0.3, 0.4) is 0 Å². The quantitative estimate of drug-likeness (QED) is 0.696. The highest BCUT2D eigenvalue weighted by atomic mass is 16.5. The van der Waals surface area contributed by atoms with Crippen LogP contribution in [0.25, 0.3) is 5.69 Å². The first-order valence-corrected chi connectivity index (χ1v) is 9.38. The molecule has 0 bridgehead atoms. The second-order valence-electron chi connectivity index (χ2n) is 6.77. The molecule has 0 spiro atoms. The lowest BCUT2D eigenvalue weighted by Gasteiger charge is -2.29. The molecule has 148 valence electrons. The fourth-order valence-corrected chi connectivity index (χ4v) is 3.27. The summed E-state index contributed by atoms with van der Waals surface area (Å²) in [6.45, 7) is 2.23. The summed E-state index contributed by atoms with van der Waals surface area (Å²) in [5, 5.41) is 7.08. The summed E-state index contributed by atoms with van der Waals surface area (Å²) in [5.41, 5.74) is 2.58. The van der Waals surface area contributed by atoms with Gasteiger partial charge in [-0.25, -0.2) is 9.67 Å². The van der Waals surface area contributed by atoms with Crippen LogP contribution in [0.1, 0.15) is 24.9 Å². The molecule has 1 aliphatic heterocycles. The maximum absolute atomic E-state index is 12.4. The van der Waals surface area contributed by atoms with Gasteiger partial charge in [0.1, 0.15) is 18.4 Å². The van der Waals surface area contributed by atoms with Gasteiger partial charge in [-0.05, 0) is 36.8 Å². The Morgan fingerprint density at radius 3 is 2.76 bits per heavy atom. The van der Waals surface area contributed by atoms with Gasteiger partial charge >= 0.3 is 0 Å². The molecule has 8 nitrogen and oxygen atoms in total. The first-order chi connectivity index (χ1) is 14.1. The first-order valence-electron chi connectivity index (χ1n) is 9.38. The number of aromatic nitrogens is 3. The van der Waals surface area contributed by atoms with Gasteiger partial charge in [0.05, 0.1) is 17.4 Å². The second kappa shape index (κ2) is 8.14. The van der Waals surface area contributed by atoms with Crippen molar-refractivity contribution in [1.29, 1.82) is 0 Å². The van der Waals surface area contributed by atoms with Crippen LogP contribution in [0.5, 0.6) is 5.75 Å². The van der Waals surface area contributed by atoms with Crippen LogP contribution >= 0.6 is 0 Å². The average Bonchev–Trinajstić information content (AvgIpc) is 3.28. The zero-order valence-corrected chi connectivity index (χ0v) is 16.0. The van der Waals surface area contributed by atoms with Crippen molar-refractivity contribution in [2.45, 2.75) is 19.4 Å². The lowest BCUT2D eigenvalue weighted by Crippen LogP contribution is -2.41. The molecule has 0 aliphatic carbocycles. The zero-order chi connectivity index (χ0) is 20.2. The van der Waals surface area contributed by atoms with Crippen LogP contribution in [0.15, 0.2) is 61.2 Å². The second-order valence-corrected chi connectivity index (χ2v) is 6.77. The Bertz CT molecular complexity index is 1000. The van der Waals surface area contributed by atoms with E-state index in [9.17, 15) is 9.59 Å². The Kier molecular flexibility index (Phi) is 5.24. The zero-order valence-electron chi connectivity index (χ0n) is 16.0. The Labute approximate surface area is 168 Å². The van der Waals surface area contributed by atoms with Crippen molar-refractivity contribution in [3.8, 4) is 11.4 Å². The lowest BCUT2D eigenvalue weighted by molar-refractivity contribution is -0.122. The monoisotopic (exact) mass is 391 g/mol. The van der Waals surface area contributed by atoms with Gasteiger partial charge in [0.2, 0.25) is 5.91 Å². The Balaban J connectivity index is 1.34. The number of para-hydroxylation sites is 2. The molecule has 2 aromatic carbocycles. The summed E-state index contributed by atoms with van der Waals surface area (Å²) in [6.07, 6.45) is 3.32. The number of nitrogens with zero attached hydrogens (tertiary/aromatic N) is 4. The number of rotatable bonds is 6. The highest BCUT2D eigenvalue weighted by molar-refractivity contribution is 5.98. The van der Waals surface area contributed by atoms with Crippen LogP contribution in [-0.2, 0) is 9.59 Å². The molecule has 0 saturated heterocycles.